The van der Waals surface area contributed by atoms with Crippen molar-refractivity contribution < 1.29 is 5.11 Å². The molecule has 1 aromatic heterocycles. The lowest BCUT2D eigenvalue weighted by Crippen LogP contribution is -2.19. The van der Waals surface area contributed by atoms with E-state index in [1.165, 1.54) is 0 Å². The van der Waals surface area contributed by atoms with Crippen LogP contribution in [0.25, 0.3) is 12.2 Å². The predicted octanol–water partition coefficient (Wildman–Crippen LogP) is 3.88. The molecule has 1 heterocycles. The minimum absolute atomic E-state index is 0.0509. The molecule has 7 heteroatoms. The van der Waals surface area contributed by atoms with Gasteiger partial charge < -0.3 is 16.2 Å². The van der Waals surface area contributed by atoms with Gasteiger partial charge in [-0.25, -0.2) is 4.98 Å². The SMILES string of the molecule is Nc1nc(Cl)c(C=Cc2ccccc2Cl)c(NC2C=CC(CO)C2)n1. The second-order valence-electron chi connectivity index (χ2n) is 5.80. The van der Waals surface area contributed by atoms with Gasteiger partial charge in [0.1, 0.15) is 11.0 Å². The Morgan fingerprint density at radius 3 is 2.72 bits per heavy atom. The highest BCUT2D eigenvalue weighted by molar-refractivity contribution is 6.32. The summed E-state index contributed by atoms with van der Waals surface area (Å²) in [5.41, 5.74) is 7.24. The van der Waals surface area contributed by atoms with Crippen LogP contribution in [-0.4, -0.2) is 27.7 Å². The molecule has 0 aliphatic heterocycles. The van der Waals surface area contributed by atoms with Gasteiger partial charge in [-0.15, -0.1) is 0 Å². The van der Waals surface area contributed by atoms with Crippen molar-refractivity contribution in [3.8, 4) is 0 Å². The summed E-state index contributed by atoms with van der Waals surface area (Å²) in [6.07, 6.45) is 8.45. The zero-order chi connectivity index (χ0) is 17.8. The van der Waals surface area contributed by atoms with Crippen LogP contribution in [0.3, 0.4) is 0 Å². The lowest BCUT2D eigenvalue weighted by Gasteiger charge is -2.16. The minimum Gasteiger partial charge on any atom is -0.396 e. The highest BCUT2D eigenvalue weighted by atomic mass is 35.5. The maximum atomic E-state index is 9.26. The number of aliphatic hydroxyl groups is 1. The third-order valence-electron chi connectivity index (χ3n) is 3.98. The molecule has 0 amide bonds. The topological polar surface area (TPSA) is 84.1 Å². The highest BCUT2D eigenvalue weighted by Crippen LogP contribution is 2.28. The van der Waals surface area contributed by atoms with E-state index in [0.717, 1.165) is 12.0 Å². The zero-order valence-corrected chi connectivity index (χ0v) is 14.9. The minimum atomic E-state index is 0.0509. The van der Waals surface area contributed by atoms with Crippen molar-refractivity contribution in [2.75, 3.05) is 17.7 Å². The van der Waals surface area contributed by atoms with Gasteiger partial charge in [-0.1, -0.05) is 59.6 Å². The molecule has 0 saturated heterocycles. The Morgan fingerprint density at radius 2 is 2.00 bits per heavy atom. The summed E-state index contributed by atoms with van der Waals surface area (Å²) in [7, 11) is 0. The first-order valence-electron chi connectivity index (χ1n) is 7.88. The molecule has 0 fully saturated rings. The Bertz CT molecular complexity index is 823. The first kappa shape index (κ1) is 17.7. The fraction of sp³-hybridized carbons (Fsp3) is 0.222. The molecule has 0 spiro atoms. The maximum absolute atomic E-state index is 9.26. The first-order chi connectivity index (χ1) is 12.1. The van der Waals surface area contributed by atoms with Crippen LogP contribution in [-0.2, 0) is 0 Å². The fourth-order valence-electron chi connectivity index (χ4n) is 2.69. The lowest BCUT2D eigenvalue weighted by atomic mass is 10.1. The number of benzene rings is 1. The van der Waals surface area contributed by atoms with Gasteiger partial charge in [0.05, 0.1) is 5.56 Å². The van der Waals surface area contributed by atoms with Gasteiger partial charge in [0.25, 0.3) is 0 Å². The molecular formula is C18H18Cl2N4O. The van der Waals surface area contributed by atoms with Crippen molar-refractivity contribution in [2.45, 2.75) is 12.5 Å². The number of aromatic nitrogens is 2. The summed E-state index contributed by atoms with van der Waals surface area (Å²) in [6, 6.07) is 7.55. The maximum Gasteiger partial charge on any atom is 0.223 e. The highest BCUT2D eigenvalue weighted by Gasteiger charge is 2.20. The number of nitrogens with one attached hydrogen (secondary N) is 1. The number of hydrogen-bond acceptors (Lipinski definition) is 5. The molecule has 5 nitrogen and oxygen atoms in total. The second-order valence-corrected chi connectivity index (χ2v) is 6.57. The lowest BCUT2D eigenvalue weighted by molar-refractivity contribution is 0.250. The molecule has 1 aromatic carbocycles. The first-order valence-corrected chi connectivity index (χ1v) is 8.63. The quantitative estimate of drug-likeness (QED) is 0.544. The Hall–Kier alpha value is -2.08. The van der Waals surface area contributed by atoms with Gasteiger partial charge in [-0.05, 0) is 24.1 Å². The standard InChI is InChI=1S/C18H18Cl2N4O/c19-15-4-2-1-3-12(15)6-8-14-16(20)23-18(21)24-17(14)22-13-7-5-11(9-13)10-25/h1-8,11,13,25H,9-10H2,(H3,21,22,23,24). The summed E-state index contributed by atoms with van der Waals surface area (Å²) in [5, 5.41) is 13.5. The van der Waals surface area contributed by atoms with Crippen molar-refractivity contribution in [1.29, 1.82) is 0 Å². The smallest absolute Gasteiger partial charge is 0.223 e. The van der Waals surface area contributed by atoms with E-state index in [0.29, 0.717) is 16.4 Å². The average molecular weight is 377 g/mol. The van der Waals surface area contributed by atoms with Crippen LogP contribution in [0.15, 0.2) is 36.4 Å². The molecule has 0 saturated carbocycles. The zero-order valence-electron chi connectivity index (χ0n) is 13.4. The molecule has 1 aliphatic carbocycles. The number of nitrogens with zero attached hydrogens (tertiary/aromatic N) is 2. The van der Waals surface area contributed by atoms with Crippen molar-refractivity contribution in [3.05, 3.63) is 57.7 Å². The summed E-state index contributed by atoms with van der Waals surface area (Å²) in [4.78, 5) is 8.30. The van der Waals surface area contributed by atoms with Crippen LogP contribution in [0.5, 0.6) is 0 Å². The Morgan fingerprint density at radius 1 is 1.20 bits per heavy atom. The van der Waals surface area contributed by atoms with E-state index >= 15 is 0 Å². The number of hydrogen-bond donors (Lipinski definition) is 3. The van der Waals surface area contributed by atoms with E-state index in [4.69, 9.17) is 28.9 Å². The largest absolute Gasteiger partial charge is 0.396 e. The average Bonchev–Trinajstić information content (AvgIpc) is 3.03. The van der Waals surface area contributed by atoms with Crippen LogP contribution in [0, 0.1) is 5.92 Å². The summed E-state index contributed by atoms with van der Waals surface area (Å²) in [6.45, 7) is 0.126. The van der Waals surface area contributed by atoms with Crippen LogP contribution < -0.4 is 11.1 Å². The molecule has 1 aliphatic rings. The Labute approximate surface area is 156 Å². The van der Waals surface area contributed by atoms with Crippen molar-refractivity contribution >= 4 is 47.1 Å². The number of anilines is 2. The predicted molar refractivity (Wildman–Crippen MR) is 104 cm³/mol. The molecule has 2 unspecified atom stereocenters. The molecule has 3 rings (SSSR count). The molecule has 4 N–H and O–H groups in total. The van der Waals surface area contributed by atoms with Gasteiger partial charge >= 0.3 is 0 Å². The number of rotatable bonds is 5. The van der Waals surface area contributed by atoms with E-state index in [2.05, 4.69) is 15.3 Å². The van der Waals surface area contributed by atoms with E-state index < -0.39 is 0 Å². The molecule has 0 bridgehead atoms. The van der Waals surface area contributed by atoms with Crippen LogP contribution in [0.2, 0.25) is 10.2 Å². The number of halogens is 2. The van der Waals surface area contributed by atoms with Gasteiger partial charge in [-0.2, -0.15) is 4.98 Å². The van der Waals surface area contributed by atoms with Crippen molar-refractivity contribution in [3.63, 3.8) is 0 Å². The monoisotopic (exact) mass is 376 g/mol. The van der Waals surface area contributed by atoms with Crippen LogP contribution >= 0.6 is 23.2 Å². The molecule has 25 heavy (non-hydrogen) atoms. The third-order valence-corrected chi connectivity index (χ3v) is 4.61. The second kappa shape index (κ2) is 7.87. The van der Waals surface area contributed by atoms with E-state index in [9.17, 15) is 5.11 Å². The molecule has 0 radical (unpaired) electrons. The molecule has 130 valence electrons. The van der Waals surface area contributed by atoms with Crippen LogP contribution in [0.1, 0.15) is 17.5 Å². The summed E-state index contributed by atoms with van der Waals surface area (Å²) < 4.78 is 0. The molecule has 2 aromatic rings. The van der Waals surface area contributed by atoms with E-state index in [1.807, 2.05) is 48.6 Å². The third kappa shape index (κ3) is 4.31. The summed E-state index contributed by atoms with van der Waals surface area (Å²) >= 11 is 12.4. The Balaban J connectivity index is 1.88. The number of aliphatic hydroxyl groups excluding tert-OH is 1. The van der Waals surface area contributed by atoms with Crippen molar-refractivity contribution in [2.24, 2.45) is 5.92 Å². The summed E-state index contributed by atoms with van der Waals surface area (Å²) in [5.74, 6) is 0.798. The molecular weight excluding hydrogens is 359 g/mol. The van der Waals surface area contributed by atoms with Crippen molar-refractivity contribution in [1.82, 2.24) is 9.97 Å². The van der Waals surface area contributed by atoms with Gasteiger partial charge in [0.2, 0.25) is 5.95 Å². The Kier molecular flexibility index (Phi) is 5.58. The van der Waals surface area contributed by atoms with E-state index in [-0.39, 0.29) is 29.7 Å². The van der Waals surface area contributed by atoms with Gasteiger partial charge in [0.15, 0.2) is 0 Å². The van der Waals surface area contributed by atoms with Gasteiger partial charge in [-0.3, -0.25) is 0 Å². The van der Waals surface area contributed by atoms with Crippen LogP contribution in [0.4, 0.5) is 11.8 Å². The van der Waals surface area contributed by atoms with Gasteiger partial charge in [0, 0.05) is 23.6 Å². The van der Waals surface area contributed by atoms with E-state index in [1.54, 1.807) is 0 Å². The fourth-order valence-corrected chi connectivity index (χ4v) is 3.13. The number of nitrogen functional groups attached to an aromatic ring is 1. The number of nitrogens with two attached hydrogens (primary N) is 1. The molecule has 2 atom stereocenters. The normalized spacial score (nSPS) is 19.6.